The van der Waals surface area contributed by atoms with Crippen LogP contribution in [0.2, 0.25) is 0 Å². The highest BCUT2D eigenvalue weighted by atomic mass is 16.5. The molecule has 3 nitrogen and oxygen atoms in total. The number of benzene rings is 1. The van der Waals surface area contributed by atoms with Crippen molar-refractivity contribution in [2.75, 3.05) is 0 Å². The average Bonchev–Trinajstić information content (AvgIpc) is 3.27. The number of aromatic nitrogens is 1. The number of hydrogen-bond donors (Lipinski definition) is 1. The van der Waals surface area contributed by atoms with E-state index in [-0.39, 0.29) is 0 Å². The SMILES string of the molecule is Cc1cc(C)c(C)c(Oc2ccncc2CNC2CC2)c1. The predicted molar refractivity (Wildman–Crippen MR) is 84.8 cm³/mol. The van der Waals surface area contributed by atoms with Gasteiger partial charge in [-0.2, -0.15) is 0 Å². The molecule has 1 aromatic heterocycles. The van der Waals surface area contributed by atoms with E-state index >= 15 is 0 Å². The molecule has 0 atom stereocenters. The van der Waals surface area contributed by atoms with E-state index in [9.17, 15) is 0 Å². The molecule has 0 spiro atoms. The van der Waals surface area contributed by atoms with Crippen LogP contribution in [-0.2, 0) is 6.54 Å². The Labute approximate surface area is 126 Å². The molecule has 3 rings (SSSR count). The van der Waals surface area contributed by atoms with Crippen LogP contribution in [-0.4, -0.2) is 11.0 Å². The molecular formula is C18H22N2O. The van der Waals surface area contributed by atoms with Crippen LogP contribution in [0.1, 0.15) is 35.1 Å². The summed E-state index contributed by atoms with van der Waals surface area (Å²) in [5, 5.41) is 3.52. The number of hydrogen-bond acceptors (Lipinski definition) is 3. The summed E-state index contributed by atoms with van der Waals surface area (Å²) in [6.07, 6.45) is 6.25. The highest BCUT2D eigenvalue weighted by Crippen LogP contribution is 2.30. The second kappa shape index (κ2) is 5.86. The standard InChI is InChI=1S/C18H22N2O/c1-12-8-13(2)14(3)18(9-12)21-17-6-7-19-10-15(17)11-20-16-4-5-16/h6-10,16,20H,4-5,11H2,1-3H3. The Morgan fingerprint density at radius 2 is 2.00 bits per heavy atom. The van der Waals surface area contributed by atoms with Crippen molar-refractivity contribution in [1.82, 2.24) is 10.3 Å². The highest BCUT2D eigenvalue weighted by Gasteiger charge is 2.20. The van der Waals surface area contributed by atoms with Gasteiger partial charge >= 0.3 is 0 Å². The molecule has 1 heterocycles. The lowest BCUT2D eigenvalue weighted by molar-refractivity contribution is 0.467. The van der Waals surface area contributed by atoms with E-state index in [0.717, 1.165) is 23.6 Å². The fourth-order valence-electron chi connectivity index (χ4n) is 2.41. The van der Waals surface area contributed by atoms with Crippen LogP contribution in [0.3, 0.4) is 0 Å². The monoisotopic (exact) mass is 282 g/mol. The maximum absolute atomic E-state index is 6.17. The average molecular weight is 282 g/mol. The normalized spacial score (nSPS) is 14.2. The zero-order valence-electron chi connectivity index (χ0n) is 12.9. The van der Waals surface area contributed by atoms with E-state index in [2.05, 4.69) is 43.2 Å². The Hall–Kier alpha value is -1.87. The fourth-order valence-corrected chi connectivity index (χ4v) is 2.41. The van der Waals surface area contributed by atoms with Crippen molar-refractivity contribution in [3.05, 3.63) is 52.8 Å². The molecule has 0 unspecified atom stereocenters. The highest BCUT2D eigenvalue weighted by molar-refractivity contribution is 5.45. The maximum atomic E-state index is 6.17. The number of pyridine rings is 1. The van der Waals surface area contributed by atoms with Gasteiger partial charge in [0, 0.05) is 30.5 Å². The van der Waals surface area contributed by atoms with Crippen molar-refractivity contribution < 1.29 is 4.74 Å². The van der Waals surface area contributed by atoms with Crippen LogP contribution in [0.25, 0.3) is 0 Å². The molecule has 0 saturated heterocycles. The van der Waals surface area contributed by atoms with Crippen molar-refractivity contribution in [2.45, 2.75) is 46.2 Å². The van der Waals surface area contributed by atoms with Crippen LogP contribution >= 0.6 is 0 Å². The smallest absolute Gasteiger partial charge is 0.135 e. The van der Waals surface area contributed by atoms with Gasteiger partial charge in [-0.15, -0.1) is 0 Å². The molecule has 1 aromatic carbocycles. The molecular weight excluding hydrogens is 260 g/mol. The maximum Gasteiger partial charge on any atom is 0.135 e. The first kappa shape index (κ1) is 14.1. The quantitative estimate of drug-likeness (QED) is 0.898. The molecule has 1 fully saturated rings. The van der Waals surface area contributed by atoms with Gasteiger partial charge < -0.3 is 10.1 Å². The van der Waals surface area contributed by atoms with Gasteiger partial charge in [-0.05, 0) is 62.4 Å². The zero-order chi connectivity index (χ0) is 14.8. The third kappa shape index (κ3) is 3.42. The van der Waals surface area contributed by atoms with E-state index in [0.29, 0.717) is 6.04 Å². The summed E-state index contributed by atoms with van der Waals surface area (Å²) in [6, 6.07) is 6.91. The number of aryl methyl sites for hydroxylation is 2. The van der Waals surface area contributed by atoms with E-state index < -0.39 is 0 Å². The number of ether oxygens (including phenoxy) is 1. The second-order valence-electron chi connectivity index (χ2n) is 5.95. The molecule has 1 aliphatic rings. The second-order valence-corrected chi connectivity index (χ2v) is 5.95. The number of nitrogens with one attached hydrogen (secondary N) is 1. The fraction of sp³-hybridized carbons (Fsp3) is 0.389. The summed E-state index contributed by atoms with van der Waals surface area (Å²) in [4.78, 5) is 4.22. The van der Waals surface area contributed by atoms with Crippen LogP contribution in [0.4, 0.5) is 0 Å². The molecule has 0 aliphatic heterocycles. The Morgan fingerprint density at radius 3 is 2.76 bits per heavy atom. The van der Waals surface area contributed by atoms with Crippen molar-refractivity contribution in [3.8, 4) is 11.5 Å². The topological polar surface area (TPSA) is 34.1 Å². The molecule has 110 valence electrons. The summed E-state index contributed by atoms with van der Waals surface area (Å²) in [6.45, 7) is 7.14. The molecule has 0 bridgehead atoms. The van der Waals surface area contributed by atoms with Crippen LogP contribution in [0.15, 0.2) is 30.6 Å². The minimum atomic E-state index is 0.681. The van der Waals surface area contributed by atoms with Gasteiger partial charge in [-0.1, -0.05) is 6.07 Å². The molecule has 3 heteroatoms. The Kier molecular flexibility index (Phi) is 3.93. The molecule has 0 radical (unpaired) electrons. The molecule has 0 amide bonds. The largest absolute Gasteiger partial charge is 0.457 e. The summed E-state index contributed by atoms with van der Waals surface area (Å²) in [5.41, 5.74) is 4.79. The lowest BCUT2D eigenvalue weighted by Gasteiger charge is -2.15. The molecule has 1 N–H and O–H groups in total. The van der Waals surface area contributed by atoms with E-state index in [1.165, 1.54) is 29.5 Å². The van der Waals surface area contributed by atoms with Gasteiger partial charge in [0.2, 0.25) is 0 Å². The van der Waals surface area contributed by atoms with Gasteiger partial charge in [0.15, 0.2) is 0 Å². The lowest BCUT2D eigenvalue weighted by Crippen LogP contribution is -2.16. The van der Waals surface area contributed by atoms with Crippen LogP contribution in [0.5, 0.6) is 11.5 Å². The third-order valence-corrected chi connectivity index (χ3v) is 4.00. The van der Waals surface area contributed by atoms with Crippen molar-refractivity contribution >= 4 is 0 Å². The van der Waals surface area contributed by atoms with Gasteiger partial charge in [0.05, 0.1) is 0 Å². The third-order valence-electron chi connectivity index (χ3n) is 4.00. The summed E-state index contributed by atoms with van der Waals surface area (Å²) in [5.74, 6) is 1.83. The molecule has 2 aromatic rings. The van der Waals surface area contributed by atoms with E-state index in [1.807, 2.05) is 12.3 Å². The minimum Gasteiger partial charge on any atom is -0.457 e. The van der Waals surface area contributed by atoms with Crippen molar-refractivity contribution in [3.63, 3.8) is 0 Å². The van der Waals surface area contributed by atoms with Gasteiger partial charge in [-0.25, -0.2) is 0 Å². The number of rotatable bonds is 5. The van der Waals surface area contributed by atoms with E-state index in [4.69, 9.17) is 4.74 Å². The molecule has 21 heavy (non-hydrogen) atoms. The first-order chi connectivity index (χ1) is 10.1. The summed E-state index contributed by atoms with van der Waals surface area (Å²) in [7, 11) is 0. The van der Waals surface area contributed by atoms with Crippen molar-refractivity contribution in [2.24, 2.45) is 0 Å². The summed E-state index contributed by atoms with van der Waals surface area (Å²) < 4.78 is 6.17. The van der Waals surface area contributed by atoms with Crippen LogP contribution < -0.4 is 10.1 Å². The van der Waals surface area contributed by atoms with Crippen LogP contribution in [0, 0.1) is 20.8 Å². The van der Waals surface area contributed by atoms with Crippen molar-refractivity contribution in [1.29, 1.82) is 0 Å². The first-order valence-electron chi connectivity index (χ1n) is 7.55. The first-order valence-corrected chi connectivity index (χ1v) is 7.55. The Balaban J connectivity index is 1.83. The predicted octanol–water partition coefficient (Wildman–Crippen LogP) is 4.05. The van der Waals surface area contributed by atoms with Gasteiger partial charge in [0.25, 0.3) is 0 Å². The molecule has 1 saturated carbocycles. The Morgan fingerprint density at radius 1 is 1.19 bits per heavy atom. The van der Waals surface area contributed by atoms with E-state index in [1.54, 1.807) is 6.20 Å². The van der Waals surface area contributed by atoms with Gasteiger partial charge in [-0.3, -0.25) is 4.98 Å². The number of nitrogens with zero attached hydrogens (tertiary/aromatic N) is 1. The lowest BCUT2D eigenvalue weighted by atomic mass is 10.1. The Bertz CT molecular complexity index is 648. The molecule has 1 aliphatic carbocycles. The summed E-state index contributed by atoms with van der Waals surface area (Å²) >= 11 is 0. The van der Waals surface area contributed by atoms with Gasteiger partial charge in [0.1, 0.15) is 11.5 Å². The zero-order valence-corrected chi connectivity index (χ0v) is 12.9. The minimum absolute atomic E-state index is 0.681.